The van der Waals surface area contributed by atoms with Gasteiger partial charge in [0.05, 0.1) is 25.2 Å². The lowest BCUT2D eigenvalue weighted by Gasteiger charge is -2.23. The third-order valence-corrected chi connectivity index (χ3v) is 5.83. The summed E-state index contributed by atoms with van der Waals surface area (Å²) >= 11 is 0. The summed E-state index contributed by atoms with van der Waals surface area (Å²) in [5, 5.41) is 2.56. The van der Waals surface area contributed by atoms with Crippen LogP contribution >= 0.6 is 0 Å². The maximum atomic E-state index is 12.8. The van der Waals surface area contributed by atoms with E-state index in [0.29, 0.717) is 22.9 Å². The molecule has 0 spiro atoms. The van der Waals surface area contributed by atoms with Gasteiger partial charge in [-0.2, -0.15) is 4.72 Å². The molecule has 0 radical (unpaired) electrons. The molecule has 2 N–H and O–H groups in total. The van der Waals surface area contributed by atoms with Crippen LogP contribution in [0.2, 0.25) is 0 Å². The molecule has 0 saturated carbocycles. The van der Waals surface area contributed by atoms with Crippen molar-refractivity contribution in [3.8, 4) is 11.5 Å². The summed E-state index contributed by atoms with van der Waals surface area (Å²) in [7, 11) is 0.584. The topological polar surface area (TPSA) is 114 Å². The van der Waals surface area contributed by atoms with Gasteiger partial charge in [0, 0.05) is 31.4 Å². The van der Waals surface area contributed by atoms with Crippen molar-refractivity contribution in [2.75, 3.05) is 31.5 Å². The number of benzene rings is 2. The largest absolute Gasteiger partial charge is 0.493 e. The van der Waals surface area contributed by atoms with E-state index in [1.165, 1.54) is 64.3 Å². The number of nitrogens with zero attached hydrogens (tertiary/aromatic N) is 1. The van der Waals surface area contributed by atoms with Crippen LogP contribution in [0.4, 0.5) is 11.4 Å². The third-order valence-electron chi connectivity index (χ3n) is 4.27. The zero-order chi connectivity index (χ0) is 22.5. The van der Waals surface area contributed by atoms with Crippen LogP contribution < -0.4 is 24.4 Å². The average Bonchev–Trinajstić information content (AvgIpc) is 2.71. The van der Waals surface area contributed by atoms with Crippen molar-refractivity contribution in [3.05, 3.63) is 42.5 Å². The number of methoxy groups -OCH3 is 2. The van der Waals surface area contributed by atoms with E-state index in [9.17, 15) is 18.0 Å². The van der Waals surface area contributed by atoms with Crippen LogP contribution in [0.3, 0.4) is 0 Å². The van der Waals surface area contributed by atoms with E-state index in [4.69, 9.17) is 9.47 Å². The number of likely N-dealkylation sites (N-methyl/N-ethyl adjacent to an activating group) is 1. The van der Waals surface area contributed by atoms with Crippen molar-refractivity contribution in [2.24, 2.45) is 0 Å². The summed E-state index contributed by atoms with van der Waals surface area (Å²) in [6.07, 6.45) is 0. The highest BCUT2D eigenvalue weighted by atomic mass is 32.2. The monoisotopic (exact) mass is 435 g/mol. The number of carbonyl (C=O) groups excluding carboxylic acids is 2. The Morgan fingerprint density at radius 2 is 1.60 bits per heavy atom. The Labute approximate surface area is 176 Å². The molecule has 0 aromatic heterocycles. The van der Waals surface area contributed by atoms with Crippen LogP contribution in [0.25, 0.3) is 0 Å². The molecule has 0 fully saturated rings. The molecule has 2 aromatic rings. The average molecular weight is 436 g/mol. The number of hydrogen-bond acceptors (Lipinski definition) is 6. The van der Waals surface area contributed by atoms with E-state index in [-0.39, 0.29) is 10.8 Å². The minimum absolute atomic E-state index is 0.0231. The number of amides is 2. The van der Waals surface area contributed by atoms with Gasteiger partial charge in [-0.3, -0.25) is 9.59 Å². The first kappa shape index (κ1) is 23.2. The number of rotatable bonds is 8. The van der Waals surface area contributed by atoms with Gasteiger partial charge in [0.1, 0.15) is 0 Å². The van der Waals surface area contributed by atoms with Crippen molar-refractivity contribution >= 4 is 33.2 Å². The zero-order valence-electron chi connectivity index (χ0n) is 17.4. The highest BCUT2D eigenvalue weighted by molar-refractivity contribution is 7.89. The SMILES string of the molecule is COc1ccc(N(C)C(=O)[C@H](C)NS(=O)(=O)c2ccc(NC(C)=O)cc2)cc1OC. The quantitative estimate of drug-likeness (QED) is 0.656. The van der Waals surface area contributed by atoms with E-state index >= 15 is 0 Å². The molecule has 1 atom stereocenters. The normalized spacial score (nSPS) is 12.0. The molecule has 9 nitrogen and oxygen atoms in total. The number of sulfonamides is 1. The summed E-state index contributed by atoms with van der Waals surface area (Å²) < 4.78 is 38.0. The van der Waals surface area contributed by atoms with Crippen molar-refractivity contribution in [3.63, 3.8) is 0 Å². The summed E-state index contributed by atoms with van der Waals surface area (Å²) in [5.74, 6) is 0.238. The Balaban J connectivity index is 2.14. The van der Waals surface area contributed by atoms with Gasteiger partial charge in [-0.15, -0.1) is 0 Å². The first-order valence-corrected chi connectivity index (χ1v) is 10.5. The Hall–Kier alpha value is -3.11. The molecule has 0 saturated heterocycles. The molecule has 10 heteroatoms. The maximum absolute atomic E-state index is 12.8. The number of hydrogen-bond donors (Lipinski definition) is 2. The summed E-state index contributed by atoms with van der Waals surface area (Å²) in [6, 6.07) is 9.56. The predicted molar refractivity (Wildman–Crippen MR) is 113 cm³/mol. The molecular weight excluding hydrogens is 410 g/mol. The van der Waals surface area contributed by atoms with Gasteiger partial charge in [-0.1, -0.05) is 0 Å². The standard InChI is InChI=1S/C20H25N3O6S/c1-13(20(25)23(3)16-8-11-18(28-4)19(12-16)29-5)22-30(26,27)17-9-6-15(7-10-17)21-14(2)24/h6-13,22H,1-5H3,(H,21,24)/t13-/m0/s1. The second-order valence-electron chi connectivity index (χ2n) is 6.49. The maximum Gasteiger partial charge on any atom is 0.244 e. The molecule has 2 rings (SSSR count). The highest BCUT2D eigenvalue weighted by Gasteiger charge is 2.25. The molecule has 0 aliphatic carbocycles. The van der Waals surface area contributed by atoms with E-state index < -0.39 is 22.0 Å². The molecule has 0 aliphatic heterocycles. The molecule has 162 valence electrons. The fraction of sp³-hybridized carbons (Fsp3) is 0.300. The lowest BCUT2D eigenvalue weighted by atomic mass is 10.2. The van der Waals surface area contributed by atoms with Gasteiger partial charge < -0.3 is 19.7 Å². The number of anilines is 2. The molecule has 0 bridgehead atoms. The predicted octanol–water partition coefficient (Wildman–Crippen LogP) is 1.99. The van der Waals surface area contributed by atoms with E-state index in [1.807, 2.05) is 0 Å². The van der Waals surface area contributed by atoms with Gasteiger partial charge in [-0.05, 0) is 43.3 Å². The van der Waals surface area contributed by atoms with E-state index in [1.54, 1.807) is 18.2 Å². The van der Waals surface area contributed by atoms with Gasteiger partial charge in [0.25, 0.3) is 0 Å². The minimum Gasteiger partial charge on any atom is -0.493 e. The van der Waals surface area contributed by atoms with Crippen molar-refractivity contribution < 1.29 is 27.5 Å². The fourth-order valence-electron chi connectivity index (χ4n) is 2.72. The summed E-state index contributed by atoms with van der Waals surface area (Å²) in [5.41, 5.74) is 0.988. The van der Waals surface area contributed by atoms with Crippen LogP contribution in [0.5, 0.6) is 11.5 Å². The van der Waals surface area contributed by atoms with Crippen molar-refractivity contribution in [1.82, 2.24) is 4.72 Å². The van der Waals surface area contributed by atoms with E-state index in [2.05, 4.69) is 10.0 Å². The lowest BCUT2D eigenvalue weighted by molar-refractivity contribution is -0.119. The molecule has 2 amide bonds. The lowest BCUT2D eigenvalue weighted by Crippen LogP contribution is -2.45. The number of nitrogens with one attached hydrogen (secondary N) is 2. The Bertz CT molecular complexity index is 1020. The Kier molecular flexibility index (Phi) is 7.41. The first-order chi connectivity index (χ1) is 14.1. The zero-order valence-corrected chi connectivity index (χ0v) is 18.2. The van der Waals surface area contributed by atoms with Crippen LogP contribution in [-0.4, -0.2) is 47.5 Å². The number of ether oxygens (including phenoxy) is 2. The molecule has 0 unspecified atom stereocenters. The van der Waals surface area contributed by atoms with Crippen LogP contribution in [0.15, 0.2) is 47.4 Å². The van der Waals surface area contributed by atoms with Gasteiger partial charge >= 0.3 is 0 Å². The molecule has 0 aliphatic rings. The van der Waals surface area contributed by atoms with Crippen molar-refractivity contribution in [1.29, 1.82) is 0 Å². The minimum atomic E-state index is -3.94. The van der Waals surface area contributed by atoms with Crippen LogP contribution in [0, 0.1) is 0 Å². The Morgan fingerprint density at radius 3 is 2.13 bits per heavy atom. The molecule has 2 aromatic carbocycles. The summed E-state index contributed by atoms with van der Waals surface area (Å²) in [4.78, 5) is 25.1. The number of carbonyl (C=O) groups is 2. The molecule has 30 heavy (non-hydrogen) atoms. The van der Waals surface area contributed by atoms with Crippen molar-refractivity contribution in [2.45, 2.75) is 24.8 Å². The third kappa shape index (κ3) is 5.49. The molecular formula is C20H25N3O6S. The smallest absolute Gasteiger partial charge is 0.244 e. The van der Waals surface area contributed by atoms with Crippen LogP contribution in [0.1, 0.15) is 13.8 Å². The second-order valence-corrected chi connectivity index (χ2v) is 8.20. The fourth-order valence-corrected chi connectivity index (χ4v) is 3.92. The highest BCUT2D eigenvalue weighted by Crippen LogP contribution is 2.31. The van der Waals surface area contributed by atoms with Gasteiger partial charge in [-0.25, -0.2) is 8.42 Å². The van der Waals surface area contributed by atoms with E-state index in [0.717, 1.165) is 0 Å². The Morgan fingerprint density at radius 1 is 1.00 bits per heavy atom. The van der Waals surface area contributed by atoms with Gasteiger partial charge in [0.2, 0.25) is 21.8 Å². The second kappa shape index (κ2) is 9.59. The molecule has 0 heterocycles. The first-order valence-electron chi connectivity index (χ1n) is 8.98. The summed E-state index contributed by atoms with van der Waals surface area (Å²) in [6.45, 7) is 2.82. The van der Waals surface area contributed by atoms with Gasteiger partial charge in [0.15, 0.2) is 11.5 Å². The van der Waals surface area contributed by atoms with Crippen LogP contribution in [-0.2, 0) is 19.6 Å².